The first-order valence-electron chi connectivity index (χ1n) is 10.00. The molecular formula is C20H21F3N4O3S2. The number of benzene rings is 1. The van der Waals surface area contributed by atoms with E-state index >= 15 is 0 Å². The molecule has 4 rings (SSSR count). The number of sulfonamides is 1. The average molecular weight is 487 g/mol. The van der Waals surface area contributed by atoms with Crippen molar-refractivity contribution >= 4 is 21.4 Å². The van der Waals surface area contributed by atoms with Crippen LogP contribution in [0.5, 0.6) is 0 Å². The number of thiophene rings is 1. The van der Waals surface area contributed by atoms with Crippen LogP contribution >= 0.6 is 11.3 Å². The van der Waals surface area contributed by atoms with Crippen LogP contribution in [0.3, 0.4) is 0 Å². The van der Waals surface area contributed by atoms with Gasteiger partial charge in [-0.1, -0.05) is 17.3 Å². The summed E-state index contributed by atoms with van der Waals surface area (Å²) in [5.41, 5.74) is -0.972. The molecule has 0 atom stereocenters. The molecule has 0 spiro atoms. The summed E-state index contributed by atoms with van der Waals surface area (Å²) >= 11 is 1.54. The number of hydrogen-bond acceptors (Lipinski definition) is 7. The summed E-state index contributed by atoms with van der Waals surface area (Å²) in [4.78, 5) is 7.11. The van der Waals surface area contributed by atoms with Gasteiger partial charge in [-0.2, -0.15) is 22.5 Å². The van der Waals surface area contributed by atoms with Gasteiger partial charge < -0.3 is 9.42 Å². The second kappa shape index (κ2) is 9.30. The van der Waals surface area contributed by atoms with Gasteiger partial charge in [-0.15, -0.1) is 11.3 Å². The van der Waals surface area contributed by atoms with Gasteiger partial charge in [-0.05, 0) is 42.6 Å². The van der Waals surface area contributed by atoms with E-state index in [0.29, 0.717) is 37.3 Å². The molecule has 12 heteroatoms. The summed E-state index contributed by atoms with van der Waals surface area (Å²) in [6.07, 6.45) is -3.21. The number of nitrogens with zero attached hydrogens (tertiary/aromatic N) is 4. The molecule has 0 bridgehead atoms. The van der Waals surface area contributed by atoms with Crippen molar-refractivity contribution in [3.05, 3.63) is 53.2 Å². The fourth-order valence-electron chi connectivity index (χ4n) is 3.49. The largest absolute Gasteiger partial charge is 0.416 e. The van der Waals surface area contributed by atoms with Crippen molar-refractivity contribution in [3.63, 3.8) is 0 Å². The van der Waals surface area contributed by atoms with Gasteiger partial charge in [0.15, 0.2) is 0 Å². The number of alkyl halides is 3. The maximum absolute atomic E-state index is 12.9. The minimum Gasteiger partial charge on any atom is -0.339 e. The zero-order valence-electron chi connectivity index (χ0n) is 17.0. The van der Waals surface area contributed by atoms with Gasteiger partial charge in [0.2, 0.25) is 21.7 Å². The number of aryl methyl sites for hydroxylation is 1. The van der Waals surface area contributed by atoms with E-state index in [-0.39, 0.29) is 18.0 Å². The summed E-state index contributed by atoms with van der Waals surface area (Å²) in [7, 11) is -3.98. The van der Waals surface area contributed by atoms with Gasteiger partial charge in [0.25, 0.3) is 0 Å². The molecule has 3 heterocycles. The first-order chi connectivity index (χ1) is 15.2. The van der Waals surface area contributed by atoms with Crippen LogP contribution in [0, 0.1) is 0 Å². The van der Waals surface area contributed by atoms with Crippen LogP contribution in [0.4, 0.5) is 13.2 Å². The van der Waals surface area contributed by atoms with E-state index in [1.54, 1.807) is 0 Å². The Kier molecular flexibility index (Phi) is 6.65. The molecule has 7 nitrogen and oxygen atoms in total. The van der Waals surface area contributed by atoms with Crippen LogP contribution in [0.1, 0.15) is 17.9 Å². The molecule has 1 saturated heterocycles. The zero-order chi connectivity index (χ0) is 22.8. The Bertz CT molecular complexity index is 1140. The molecule has 0 N–H and O–H groups in total. The first kappa shape index (κ1) is 22.9. The predicted molar refractivity (Wildman–Crippen MR) is 113 cm³/mol. The van der Waals surface area contributed by atoms with Crippen LogP contribution in [0.15, 0.2) is 51.2 Å². The highest BCUT2D eigenvalue weighted by Crippen LogP contribution is 2.31. The number of halogens is 3. The SMILES string of the molecule is O=S(=O)(c1cccc(C(F)(F)F)c1)N1CCN(CCCc2nc(-c3cccs3)no2)CC1. The molecule has 2 aromatic heterocycles. The predicted octanol–water partition coefficient (Wildman–Crippen LogP) is 3.76. The zero-order valence-corrected chi connectivity index (χ0v) is 18.6. The first-order valence-corrected chi connectivity index (χ1v) is 12.3. The minimum atomic E-state index is -4.59. The third-order valence-electron chi connectivity index (χ3n) is 5.21. The Labute approximate surface area is 187 Å². The lowest BCUT2D eigenvalue weighted by molar-refractivity contribution is -0.137. The van der Waals surface area contributed by atoms with Gasteiger partial charge >= 0.3 is 6.18 Å². The number of hydrogen-bond donors (Lipinski definition) is 0. The van der Waals surface area contributed by atoms with E-state index in [1.165, 1.54) is 21.7 Å². The molecule has 1 aromatic carbocycles. The topological polar surface area (TPSA) is 79.5 Å². The van der Waals surface area contributed by atoms with Gasteiger partial charge in [0, 0.05) is 32.6 Å². The molecule has 3 aromatic rings. The maximum Gasteiger partial charge on any atom is 0.416 e. The maximum atomic E-state index is 12.9. The summed E-state index contributed by atoms with van der Waals surface area (Å²) < 4.78 is 70.9. The average Bonchev–Trinajstić information content (AvgIpc) is 3.46. The molecule has 0 aliphatic carbocycles. The summed E-state index contributed by atoms with van der Waals surface area (Å²) in [6.45, 7) is 2.18. The molecule has 1 aliphatic rings. The van der Waals surface area contributed by atoms with Crippen molar-refractivity contribution in [2.45, 2.75) is 23.9 Å². The minimum absolute atomic E-state index is 0.224. The third kappa shape index (κ3) is 5.20. The lowest BCUT2D eigenvalue weighted by atomic mass is 10.2. The standard InChI is InChI=1S/C20H21F3N4O3S2/c21-20(22,23)15-4-1-5-16(14-15)32(28,29)27-11-9-26(10-12-27)8-2-7-18-24-19(25-30-18)17-6-3-13-31-17/h1,3-6,13-14H,2,7-12H2. The van der Waals surface area contributed by atoms with Crippen LogP contribution in [-0.4, -0.2) is 60.5 Å². The van der Waals surface area contributed by atoms with E-state index in [4.69, 9.17) is 4.52 Å². The molecule has 0 radical (unpaired) electrons. The number of piperazine rings is 1. The van der Waals surface area contributed by atoms with Crippen molar-refractivity contribution in [1.29, 1.82) is 0 Å². The van der Waals surface area contributed by atoms with Crippen molar-refractivity contribution in [2.24, 2.45) is 0 Å². The lowest BCUT2D eigenvalue weighted by Gasteiger charge is -2.34. The van der Waals surface area contributed by atoms with Crippen molar-refractivity contribution < 1.29 is 26.1 Å². The van der Waals surface area contributed by atoms with E-state index in [1.807, 2.05) is 17.5 Å². The third-order valence-corrected chi connectivity index (χ3v) is 7.97. The van der Waals surface area contributed by atoms with E-state index in [9.17, 15) is 21.6 Å². The quantitative estimate of drug-likeness (QED) is 0.506. The number of aromatic nitrogens is 2. The van der Waals surface area contributed by atoms with Crippen molar-refractivity contribution in [3.8, 4) is 10.7 Å². The fourth-order valence-corrected chi connectivity index (χ4v) is 5.61. The second-order valence-electron chi connectivity index (χ2n) is 7.36. The molecule has 0 saturated carbocycles. The molecular weight excluding hydrogens is 465 g/mol. The highest BCUT2D eigenvalue weighted by Gasteiger charge is 2.34. The Balaban J connectivity index is 1.28. The van der Waals surface area contributed by atoms with Crippen molar-refractivity contribution in [1.82, 2.24) is 19.3 Å². The Morgan fingerprint density at radius 2 is 1.88 bits per heavy atom. The van der Waals surface area contributed by atoms with Gasteiger partial charge in [-0.25, -0.2) is 8.42 Å². The summed E-state index contributed by atoms with van der Waals surface area (Å²) in [6, 6.07) is 7.72. The molecule has 172 valence electrons. The summed E-state index contributed by atoms with van der Waals surface area (Å²) in [5.74, 6) is 1.13. The summed E-state index contributed by atoms with van der Waals surface area (Å²) in [5, 5.41) is 5.92. The smallest absolute Gasteiger partial charge is 0.339 e. The van der Waals surface area contributed by atoms with Crippen LogP contribution in [0.2, 0.25) is 0 Å². The van der Waals surface area contributed by atoms with Crippen LogP contribution in [0.25, 0.3) is 10.7 Å². The molecule has 1 aliphatic heterocycles. The van der Waals surface area contributed by atoms with Gasteiger partial charge in [-0.3, -0.25) is 0 Å². The highest BCUT2D eigenvalue weighted by atomic mass is 32.2. The van der Waals surface area contributed by atoms with E-state index in [2.05, 4.69) is 15.0 Å². The Hall–Kier alpha value is -2.28. The lowest BCUT2D eigenvalue weighted by Crippen LogP contribution is -2.48. The monoisotopic (exact) mass is 486 g/mol. The normalized spacial score (nSPS) is 16.5. The molecule has 0 unspecified atom stereocenters. The molecule has 32 heavy (non-hydrogen) atoms. The molecule has 0 amide bonds. The molecule has 1 fully saturated rings. The van der Waals surface area contributed by atoms with Gasteiger partial charge in [0.1, 0.15) is 0 Å². The van der Waals surface area contributed by atoms with Gasteiger partial charge in [0.05, 0.1) is 15.3 Å². The second-order valence-corrected chi connectivity index (χ2v) is 10.2. The Morgan fingerprint density at radius 1 is 1.09 bits per heavy atom. The van der Waals surface area contributed by atoms with Crippen molar-refractivity contribution in [2.75, 3.05) is 32.7 Å². The Morgan fingerprint density at radius 3 is 2.56 bits per heavy atom. The number of rotatable bonds is 7. The van der Waals surface area contributed by atoms with Crippen LogP contribution in [-0.2, 0) is 22.6 Å². The fraction of sp³-hybridized carbons (Fsp3) is 0.400. The van der Waals surface area contributed by atoms with E-state index < -0.39 is 21.8 Å². The van der Waals surface area contributed by atoms with Crippen LogP contribution < -0.4 is 0 Å². The highest BCUT2D eigenvalue weighted by molar-refractivity contribution is 7.89. The van der Waals surface area contributed by atoms with E-state index in [0.717, 1.165) is 30.0 Å².